The molecule has 4 nitrogen and oxygen atoms in total. The van der Waals surface area contributed by atoms with Crippen molar-refractivity contribution in [3.05, 3.63) is 0 Å². The Morgan fingerprint density at radius 1 is 1.00 bits per heavy atom. The predicted molar refractivity (Wildman–Crippen MR) is 56.0 cm³/mol. The van der Waals surface area contributed by atoms with Gasteiger partial charge in [-0.2, -0.15) is 22.0 Å². The first-order chi connectivity index (χ1) is 8.68. The van der Waals surface area contributed by atoms with Gasteiger partial charge in [0.05, 0.1) is 6.61 Å². The summed E-state index contributed by atoms with van der Waals surface area (Å²) in [5.74, 6) is -7.67. The Morgan fingerprint density at radius 3 is 1.95 bits per heavy atom. The molecule has 0 aromatic heterocycles. The Morgan fingerprint density at radius 2 is 1.53 bits per heavy atom. The van der Waals surface area contributed by atoms with Crippen molar-refractivity contribution in [2.24, 2.45) is 0 Å². The molecule has 0 heterocycles. The van der Waals surface area contributed by atoms with E-state index in [2.05, 4.69) is 9.47 Å². The lowest BCUT2D eigenvalue weighted by molar-refractivity contribution is -0.274. The Labute approximate surface area is 107 Å². The first-order valence-electron chi connectivity index (χ1n) is 5.40. The number of hydrogen-bond donors (Lipinski definition) is 0. The summed E-state index contributed by atoms with van der Waals surface area (Å²) in [5, 5.41) is 0. The van der Waals surface area contributed by atoms with E-state index in [1.54, 1.807) is 0 Å². The maximum atomic E-state index is 12.9. The van der Waals surface area contributed by atoms with Crippen LogP contribution in [0.1, 0.15) is 6.42 Å². The molecular formula is C10H16F5NO3. The molecule has 9 heteroatoms. The number of rotatable bonds is 8. The van der Waals surface area contributed by atoms with Gasteiger partial charge in [0.2, 0.25) is 0 Å². The molecule has 0 N–H and O–H groups in total. The van der Waals surface area contributed by atoms with Gasteiger partial charge in [0.25, 0.3) is 0 Å². The van der Waals surface area contributed by atoms with E-state index in [-0.39, 0.29) is 32.7 Å². The summed E-state index contributed by atoms with van der Waals surface area (Å²) < 4.78 is 71.4. The topological polar surface area (TPSA) is 38.8 Å². The summed E-state index contributed by atoms with van der Waals surface area (Å²) in [6.07, 6.45) is -5.75. The standard InChI is InChI=1S/C10H16F5NO3/c1-18-6-3-4-16(5-7-19-2)8(17)9(11,12)10(13,14)15/h3-7H2,1-2H3. The molecule has 0 saturated heterocycles. The highest BCUT2D eigenvalue weighted by molar-refractivity contribution is 5.84. The van der Waals surface area contributed by atoms with Crippen molar-refractivity contribution in [2.45, 2.75) is 18.5 Å². The molecule has 0 atom stereocenters. The third-order valence-electron chi connectivity index (χ3n) is 2.25. The summed E-state index contributed by atoms with van der Waals surface area (Å²) in [6, 6.07) is 0. The zero-order valence-corrected chi connectivity index (χ0v) is 10.6. The second-order valence-electron chi connectivity index (χ2n) is 3.70. The number of ether oxygens (including phenoxy) is 2. The van der Waals surface area contributed by atoms with E-state index >= 15 is 0 Å². The van der Waals surface area contributed by atoms with Gasteiger partial charge in [0.1, 0.15) is 0 Å². The van der Waals surface area contributed by atoms with Gasteiger partial charge in [-0.3, -0.25) is 4.79 Å². The fourth-order valence-corrected chi connectivity index (χ4v) is 1.24. The van der Waals surface area contributed by atoms with Crippen molar-refractivity contribution >= 4 is 5.91 Å². The highest BCUT2D eigenvalue weighted by atomic mass is 19.4. The summed E-state index contributed by atoms with van der Waals surface area (Å²) in [5.41, 5.74) is 0. The first kappa shape index (κ1) is 18.0. The highest BCUT2D eigenvalue weighted by Crippen LogP contribution is 2.36. The van der Waals surface area contributed by atoms with E-state index in [0.29, 0.717) is 4.90 Å². The molecule has 1 amide bonds. The van der Waals surface area contributed by atoms with Crippen LogP contribution in [0.2, 0.25) is 0 Å². The van der Waals surface area contributed by atoms with Crippen molar-refractivity contribution in [3.63, 3.8) is 0 Å². The maximum absolute atomic E-state index is 12.9. The number of hydrogen-bond acceptors (Lipinski definition) is 3. The summed E-state index contributed by atoms with van der Waals surface area (Å²) in [7, 11) is 2.60. The van der Waals surface area contributed by atoms with Gasteiger partial charge in [0, 0.05) is 33.9 Å². The first-order valence-corrected chi connectivity index (χ1v) is 5.40. The van der Waals surface area contributed by atoms with Crippen LogP contribution in [0.3, 0.4) is 0 Å². The molecule has 19 heavy (non-hydrogen) atoms. The molecule has 0 unspecified atom stereocenters. The van der Waals surface area contributed by atoms with Crippen molar-refractivity contribution < 1.29 is 36.2 Å². The van der Waals surface area contributed by atoms with Crippen molar-refractivity contribution in [1.82, 2.24) is 4.90 Å². The lowest BCUT2D eigenvalue weighted by atomic mass is 10.2. The Bertz CT molecular complexity index is 283. The molecule has 114 valence electrons. The molecule has 0 aliphatic heterocycles. The van der Waals surface area contributed by atoms with Crippen LogP contribution in [0.15, 0.2) is 0 Å². The quantitative estimate of drug-likeness (QED) is 0.505. The van der Waals surface area contributed by atoms with E-state index < -0.39 is 18.0 Å². The Kier molecular flexibility index (Phi) is 7.20. The lowest BCUT2D eigenvalue weighted by Crippen LogP contribution is -2.53. The Hall–Kier alpha value is -0.960. The van der Waals surface area contributed by atoms with E-state index in [9.17, 15) is 26.7 Å². The van der Waals surface area contributed by atoms with E-state index in [4.69, 9.17) is 0 Å². The van der Waals surface area contributed by atoms with Crippen LogP contribution in [0.4, 0.5) is 22.0 Å². The zero-order chi connectivity index (χ0) is 15.1. The van der Waals surface area contributed by atoms with Crippen LogP contribution >= 0.6 is 0 Å². The number of methoxy groups -OCH3 is 2. The van der Waals surface area contributed by atoms with Crippen LogP contribution in [0.25, 0.3) is 0 Å². The minimum absolute atomic E-state index is 0.132. The average molecular weight is 293 g/mol. The second kappa shape index (κ2) is 7.59. The van der Waals surface area contributed by atoms with Gasteiger partial charge in [-0.25, -0.2) is 0 Å². The monoisotopic (exact) mass is 293 g/mol. The maximum Gasteiger partial charge on any atom is 0.463 e. The molecule has 0 saturated carbocycles. The molecule has 0 aliphatic rings. The van der Waals surface area contributed by atoms with Crippen molar-refractivity contribution in [2.75, 3.05) is 40.5 Å². The van der Waals surface area contributed by atoms with E-state index in [0.717, 1.165) is 0 Å². The molecule has 0 rings (SSSR count). The van der Waals surface area contributed by atoms with Gasteiger partial charge in [-0.1, -0.05) is 0 Å². The fraction of sp³-hybridized carbons (Fsp3) is 0.900. The molecule has 0 aromatic rings. The molecule has 0 radical (unpaired) electrons. The molecule has 0 bridgehead atoms. The van der Waals surface area contributed by atoms with E-state index in [1.807, 2.05) is 0 Å². The normalized spacial score (nSPS) is 12.6. The minimum Gasteiger partial charge on any atom is -0.385 e. The predicted octanol–water partition coefficient (Wildman–Crippen LogP) is 1.70. The third-order valence-corrected chi connectivity index (χ3v) is 2.25. The molecule has 0 spiro atoms. The summed E-state index contributed by atoms with van der Waals surface area (Å²) in [6.45, 7) is -0.590. The van der Waals surface area contributed by atoms with Crippen LogP contribution in [-0.4, -0.2) is 63.4 Å². The molecule has 0 aliphatic carbocycles. The van der Waals surface area contributed by atoms with Crippen molar-refractivity contribution in [3.8, 4) is 0 Å². The second-order valence-corrected chi connectivity index (χ2v) is 3.70. The SMILES string of the molecule is COCCCN(CCOC)C(=O)C(F)(F)C(F)(F)F. The van der Waals surface area contributed by atoms with Crippen molar-refractivity contribution in [1.29, 1.82) is 0 Å². The number of halogens is 5. The third kappa shape index (κ3) is 5.27. The Balaban J connectivity index is 4.78. The summed E-state index contributed by atoms with van der Waals surface area (Å²) in [4.78, 5) is 11.7. The molecule has 0 fully saturated rings. The number of carbonyl (C=O) groups is 1. The largest absolute Gasteiger partial charge is 0.463 e. The lowest BCUT2D eigenvalue weighted by Gasteiger charge is -2.27. The minimum atomic E-state index is -5.91. The van der Waals surface area contributed by atoms with Crippen LogP contribution in [-0.2, 0) is 14.3 Å². The molecule has 0 aromatic carbocycles. The fourth-order valence-electron chi connectivity index (χ4n) is 1.24. The van der Waals surface area contributed by atoms with Crippen LogP contribution < -0.4 is 0 Å². The number of nitrogens with zero attached hydrogens (tertiary/aromatic N) is 1. The van der Waals surface area contributed by atoms with Crippen LogP contribution in [0, 0.1) is 0 Å². The highest BCUT2D eigenvalue weighted by Gasteiger charge is 2.64. The average Bonchev–Trinajstić information content (AvgIpc) is 2.31. The smallest absolute Gasteiger partial charge is 0.385 e. The summed E-state index contributed by atoms with van der Waals surface area (Å²) >= 11 is 0. The van der Waals surface area contributed by atoms with Gasteiger partial charge < -0.3 is 14.4 Å². The van der Waals surface area contributed by atoms with E-state index in [1.165, 1.54) is 14.2 Å². The van der Waals surface area contributed by atoms with Gasteiger partial charge in [-0.15, -0.1) is 0 Å². The number of alkyl halides is 5. The molecular weight excluding hydrogens is 277 g/mol. The number of carbonyl (C=O) groups excluding carboxylic acids is 1. The van der Waals surface area contributed by atoms with Gasteiger partial charge in [-0.05, 0) is 6.42 Å². The van der Waals surface area contributed by atoms with Crippen LogP contribution in [0.5, 0.6) is 0 Å². The number of amides is 1. The van der Waals surface area contributed by atoms with Gasteiger partial charge in [0.15, 0.2) is 0 Å². The zero-order valence-electron chi connectivity index (χ0n) is 10.6. The van der Waals surface area contributed by atoms with Gasteiger partial charge >= 0.3 is 18.0 Å².